The molecule has 2 atom stereocenters. The molecule has 2 fully saturated rings. The van der Waals surface area contributed by atoms with Crippen LogP contribution >= 0.6 is 11.8 Å². The fourth-order valence-corrected chi connectivity index (χ4v) is 5.55. The Balaban J connectivity index is 1.45. The van der Waals surface area contributed by atoms with Gasteiger partial charge in [-0.05, 0) is 42.7 Å². The van der Waals surface area contributed by atoms with Crippen molar-refractivity contribution in [3.05, 3.63) is 24.5 Å². The van der Waals surface area contributed by atoms with Crippen LogP contribution in [0.3, 0.4) is 0 Å². The summed E-state index contributed by atoms with van der Waals surface area (Å²) in [5.41, 5.74) is 4.16. The molecule has 4 rings (SSSR count). The van der Waals surface area contributed by atoms with Gasteiger partial charge in [0.05, 0.1) is 5.75 Å². The number of amides is 1. The number of carbonyl (C=O) groups excluding carboxylic acids is 1. The minimum Gasteiger partial charge on any atom is -0.293 e. The largest absolute Gasteiger partial charge is 0.406 e. The van der Waals surface area contributed by atoms with Crippen molar-refractivity contribution in [1.29, 1.82) is 0 Å². The number of rotatable bonds is 6. The lowest BCUT2D eigenvalue weighted by atomic mass is 9.70. The number of halogens is 3. The van der Waals surface area contributed by atoms with Crippen molar-refractivity contribution in [2.75, 3.05) is 5.75 Å². The number of carbonyl (C=O) groups is 1. The van der Waals surface area contributed by atoms with Gasteiger partial charge in [-0.2, -0.15) is 18.3 Å². The molecule has 32 heavy (non-hydrogen) atoms. The van der Waals surface area contributed by atoms with Gasteiger partial charge in [0.25, 0.3) is 5.91 Å². The molecule has 2 saturated carbocycles. The van der Waals surface area contributed by atoms with E-state index in [1.165, 1.54) is 18.8 Å². The van der Waals surface area contributed by atoms with Gasteiger partial charge < -0.3 is 0 Å². The topological polar surface area (TPSA) is 85.1 Å². The van der Waals surface area contributed by atoms with Crippen molar-refractivity contribution in [3.63, 3.8) is 0 Å². The summed E-state index contributed by atoms with van der Waals surface area (Å²) in [6.07, 6.45) is 1.56. The predicted molar refractivity (Wildman–Crippen MR) is 115 cm³/mol. The number of nitrogens with zero attached hydrogens (tertiary/aromatic N) is 5. The van der Waals surface area contributed by atoms with Crippen LogP contribution in [0.1, 0.15) is 40.0 Å². The number of thioether (sulfide) groups is 1. The highest BCUT2D eigenvalue weighted by atomic mass is 32.2. The van der Waals surface area contributed by atoms with E-state index in [-0.39, 0.29) is 27.6 Å². The van der Waals surface area contributed by atoms with E-state index in [0.29, 0.717) is 11.5 Å². The molecule has 11 heteroatoms. The van der Waals surface area contributed by atoms with E-state index < -0.39 is 18.6 Å². The lowest BCUT2D eigenvalue weighted by molar-refractivity contribution is -0.141. The van der Waals surface area contributed by atoms with E-state index in [9.17, 15) is 18.0 Å². The van der Waals surface area contributed by atoms with Crippen molar-refractivity contribution in [3.8, 4) is 11.4 Å². The fourth-order valence-electron chi connectivity index (χ4n) is 4.82. The molecule has 2 aromatic rings. The number of hydrazone groups is 1. The normalized spacial score (nSPS) is 25.4. The number of fused-ring (bicyclic) bond motifs is 2. The first-order valence-corrected chi connectivity index (χ1v) is 11.4. The van der Waals surface area contributed by atoms with Gasteiger partial charge in [-0.3, -0.25) is 14.3 Å². The van der Waals surface area contributed by atoms with Crippen LogP contribution in [0, 0.1) is 16.7 Å². The number of hydrogen-bond donors (Lipinski definition) is 1. The van der Waals surface area contributed by atoms with E-state index in [1.54, 1.807) is 12.1 Å². The van der Waals surface area contributed by atoms with E-state index in [1.807, 2.05) is 0 Å². The lowest BCUT2D eigenvalue weighted by Gasteiger charge is -2.34. The number of hydrogen-bond acceptors (Lipinski definition) is 6. The predicted octanol–water partition coefficient (Wildman–Crippen LogP) is 4.31. The molecule has 2 unspecified atom stereocenters. The zero-order chi connectivity index (χ0) is 23.1. The lowest BCUT2D eigenvalue weighted by Crippen LogP contribution is -2.34. The molecular weight excluding hydrogens is 441 g/mol. The summed E-state index contributed by atoms with van der Waals surface area (Å²) in [4.78, 5) is 16.3. The summed E-state index contributed by atoms with van der Waals surface area (Å²) in [5.74, 6) is 0.126. The number of alkyl halides is 3. The van der Waals surface area contributed by atoms with Crippen molar-refractivity contribution in [2.24, 2.45) is 21.8 Å². The highest BCUT2D eigenvalue weighted by Crippen LogP contribution is 2.63. The molecular formula is C21H25F3N6OS. The van der Waals surface area contributed by atoms with E-state index >= 15 is 0 Å². The van der Waals surface area contributed by atoms with Crippen LogP contribution in [-0.4, -0.2) is 43.3 Å². The van der Waals surface area contributed by atoms with Crippen LogP contribution in [0.15, 0.2) is 34.8 Å². The zero-order valence-corrected chi connectivity index (χ0v) is 18.9. The third-order valence-corrected chi connectivity index (χ3v) is 8.12. The van der Waals surface area contributed by atoms with Crippen LogP contribution in [0.4, 0.5) is 13.2 Å². The first-order valence-electron chi connectivity index (χ1n) is 10.4. The number of aromatic nitrogens is 4. The second-order valence-corrected chi connectivity index (χ2v) is 10.1. The van der Waals surface area contributed by atoms with Crippen molar-refractivity contribution in [2.45, 2.75) is 57.9 Å². The maximum Gasteiger partial charge on any atom is 0.406 e. The Labute approximate surface area is 188 Å². The average molecular weight is 467 g/mol. The first kappa shape index (κ1) is 22.8. The van der Waals surface area contributed by atoms with Crippen molar-refractivity contribution < 1.29 is 18.0 Å². The van der Waals surface area contributed by atoms with E-state index in [0.717, 1.165) is 34.9 Å². The summed E-state index contributed by atoms with van der Waals surface area (Å²) >= 11 is 0.900. The third-order valence-electron chi connectivity index (χ3n) is 7.15. The molecule has 0 spiro atoms. The van der Waals surface area contributed by atoms with Gasteiger partial charge in [0.2, 0.25) is 0 Å². The summed E-state index contributed by atoms with van der Waals surface area (Å²) in [6.45, 7) is 5.44. The van der Waals surface area contributed by atoms with Gasteiger partial charge in [0.15, 0.2) is 11.0 Å². The Hall–Kier alpha value is -2.43. The summed E-state index contributed by atoms with van der Waals surface area (Å²) in [5, 5.41) is 12.2. The standard InChI is InChI=1S/C21H25F3N6OS/c1-19(2)14-4-7-20(19,3)15(10-14)26-27-16(31)11-32-18-29-28-17(13-5-8-25-9-6-13)30(18)12-21(22,23)24/h5-6,8-9,14H,4,7,10-12H2,1-3H3,(H,27,31)/b26-15-. The summed E-state index contributed by atoms with van der Waals surface area (Å²) in [6, 6.07) is 3.12. The molecule has 0 radical (unpaired) electrons. The SMILES string of the molecule is CC12CCC(C/C1=N/NC(=O)CSc1nnc(-c3ccncc3)n1CC(F)(F)F)C2(C)C. The maximum atomic E-state index is 13.2. The Morgan fingerprint density at radius 2 is 2.00 bits per heavy atom. The summed E-state index contributed by atoms with van der Waals surface area (Å²) < 4.78 is 40.5. The van der Waals surface area contributed by atoms with Gasteiger partial charge in [0.1, 0.15) is 6.54 Å². The quantitative estimate of drug-likeness (QED) is 0.507. The van der Waals surface area contributed by atoms with Crippen molar-refractivity contribution in [1.82, 2.24) is 25.2 Å². The van der Waals surface area contributed by atoms with Crippen LogP contribution in [-0.2, 0) is 11.3 Å². The van der Waals surface area contributed by atoms with Crippen molar-refractivity contribution >= 4 is 23.4 Å². The second-order valence-electron chi connectivity index (χ2n) is 9.12. The molecule has 1 amide bonds. The Kier molecular flexibility index (Phi) is 5.81. The minimum absolute atomic E-state index is 0.0185. The van der Waals surface area contributed by atoms with Crippen LogP contribution in [0.2, 0.25) is 0 Å². The number of nitrogens with one attached hydrogen (secondary N) is 1. The van der Waals surface area contributed by atoms with Gasteiger partial charge in [-0.1, -0.05) is 32.5 Å². The molecule has 2 bridgehead atoms. The van der Waals surface area contributed by atoms with Crippen LogP contribution in [0.5, 0.6) is 0 Å². The molecule has 2 aliphatic rings. The number of pyridine rings is 1. The highest BCUT2D eigenvalue weighted by Gasteiger charge is 2.60. The molecule has 0 aliphatic heterocycles. The Morgan fingerprint density at radius 1 is 1.28 bits per heavy atom. The molecule has 1 N–H and O–H groups in total. The van der Waals surface area contributed by atoms with E-state index in [4.69, 9.17) is 0 Å². The molecule has 172 valence electrons. The van der Waals surface area contributed by atoms with Gasteiger partial charge in [-0.15, -0.1) is 10.2 Å². The van der Waals surface area contributed by atoms with Gasteiger partial charge in [0, 0.05) is 29.1 Å². The molecule has 7 nitrogen and oxygen atoms in total. The van der Waals surface area contributed by atoms with Gasteiger partial charge in [-0.25, -0.2) is 5.43 Å². The molecule has 2 aromatic heterocycles. The average Bonchev–Trinajstić information content (AvgIpc) is 3.28. The maximum absolute atomic E-state index is 13.2. The minimum atomic E-state index is -4.46. The molecule has 2 aliphatic carbocycles. The highest BCUT2D eigenvalue weighted by molar-refractivity contribution is 7.99. The van der Waals surface area contributed by atoms with Gasteiger partial charge >= 0.3 is 6.18 Å². The second kappa shape index (κ2) is 8.17. The molecule has 0 aromatic carbocycles. The Bertz CT molecular complexity index is 1040. The molecule has 0 saturated heterocycles. The van der Waals surface area contributed by atoms with E-state index in [2.05, 4.69) is 46.5 Å². The Morgan fingerprint density at radius 3 is 2.59 bits per heavy atom. The monoisotopic (exact) mass is 466 g/mol. The smallest absolute Gasteiger partial charge is 0.293 e. The third kappa shape index (κ3) is 4.14. The molecule has 2 heterocycles. The van der Waals surface area contributed by atoms with Crippen LogP contribution in [0.25, 0.3) is 11.4 Å². The first-order chi connectivity index (χ1) is 15.0. The zero-order valence-electron chi connectivity index (χ0n) is 18.1. The fraction of sp³-hybridized carbons (Fsp3) is 0.571. The van der Waals surface area contributed by atoms with Crippen LogP contribution < -0.4 is 5.43 Å². The summed E-state index contributed by atoms with van der Waals surface area (Å²) in [7, 11) is 0.